The van der Waals surface area contributed by atoms with Crippen LogP contribution in [0.15, 0.2) is 30.6 Å². The molecule has 0 bridgehead atoms. The number of aliphatic hydroxyl groups excluding tert-OH is 1. The van der Waals surface area contributed by atoms with E-state index in [9.17, 15) is 19.5 Å². The summed E-state index contributed by atoms with van der Waals surface area (Å²) in [5.74, 6) is -1.11. The van der Waals surface area contributed by atoms with E-state index in [1.807, 2.05) is 78.0 Å². The van der Waals surface area contributed by atoms with Gasteiger partial charge in [-0.05, 0) is 98.5 Å². The second-order valence-corrected chi connectivity index (χ2v) is 16.5. The molecule has 5 heterocycles. The van der Waals surface area contributed by atoms with Gasteiger partial charge in [-0.1, -0.05) is 25.1 Å². The molecule has 2 N–H and O–H groups in total. The number of methoxy groups -OCH3 is 1. The van der Waals surface area contributed by atoms with Gasteiger partial charge in [0.15, 0.2) is 11.9 Å². The number of cyclic esters (lactones) is 1. The number of carbonyl (C=O) groups is 3. The average Bonchev–Trinajstić information content (AvgIpc) is 3.73. The molecule has 0 spiro atoms. The molecule has 56 heavy (non-hydrogen) atoms. The van der Waals surface area contributed by atoms with Crippen LogP contribution in [0.4, 0.5) is 4.79 Å². The number of hydrogen-bond donors (Lipinski definition) is 2. The van der Waals surface area contributed by atoms with Gasteiger partial charge in [0.05, 0.1) is 35.7 Å². The first-order valence-corrected chi connectivity index (χ1v) is 20.0. The first kappa shape index (κ1) is 43.6. The topological polar surface area (TPSA) is 180 Å². The highest BCUT2D eigenvalue weighted by molar-refractivity contribution is 5.96. The number of unbranched alkanes of at least 4 members (excludes halogenated alkanes) is 1. The fourth-order valence-corrected chi connectivity index (χ4v) is 8.66. The van der Waals surface area contributed by atoms with Gasteiger partial charge >= 0.3 is 12.1 Å². The van der Waals surface area contributed by atoms with E-state index in [1.54, 1.807) is 22.9 Å². The molecular formula is C40H63N7O9. The number of likely N-dealkylation sites (N-methyl/N-ethyl adjacent to an activating group) is 1. The van der Waals surface area contributed by atoms with Crippen molar-refractivity contribution in [3.8, 4) is 11.4 Å². The van der Waals surface area contributed by atoms with Crippen LogP contribution < -0.4 is 5.32 Å². The fraction of sp³-hybridized carbons (Fsp3) is 0.750. The summed E-state index contributed by atoms with van der Waals surface area (Å²) in [4.78, 5) is 48.9. The first-order valence-electron chi connectivity index (χ1n) is 20.0. The number of carbonyl (C=O) groups excluding carboxylic acids is 3. The number of aliphatic hydroxyl groups is 1. The highest BCUT2D eigenvalue weighted by Gasteiger charge is 2.58. The van der Waals surface area contributed by atoms with Crippen LogP contribution in [0.25, 0.3) is 11.4 Å². The van der Waals surface area contributed by atoms with Crippen molar-refractivity contribution in [3.05, 3.63) is 30.6 Å². The summed E-state index contributed by atoms with van der Waals surface area (Å²) < 4.78 is 32.7. The van der Waals surface area contributed by atoms with Crippen molar-refractivity contribution in [2.24, 2.45) is 5.92 Å². The van der Waals surface area contributed by atoms with Gasteiger partial charge in [0.2, 0.25) is 0 Å². The van der Waals surface area contributed by atoms with Crippen LogP contribution in [-0.4, -0.2) is 147 Å². The molecule has 0 aromatic carbocycles. The number of Topliss-reactive ketones (excluding diaryl/α,β-unsaturated/α-hetero) is 1. The molecule has 5 rings (SSSR count). The number of rotatable bonds is 11. The third kappa shape index (κ3) is 10.1. The molecule has 0 radical (unpaired) electrons. The fourth-order valence-electron chi connectivity index (χ4n) is 8.66. The van der Waals surface area contributed by atoms with Crippen LogP contribution >= 0.6 is 0 Å². The monoisotopic (exact) mass is 785 g/mol. The lowest BCUT2D eigenvalue weighted by atomic mass is 9.83. The predicted molar refractivity (Wildman–Crippen MR) is 206 cm³/mol. The Morgan fingerprint density at radius 1 is 1.09 bits per heavy atom. The number of aromatic nitrogens is 4. The minimum atomic E-state index is -1.20. The van der Waals surface area contributed by atoms with Gasteiger partial charge in [-0.15, -0.1) is 5.10 Å². The van der Waals surface area contributed by atoms with Gasteiger partial charge in [-0.3, -0.25) is 24.2 Å². The Kier molecular flexibility index (Phi) is 14.6. The number of esters is 1. The summed E-state index contributed by atoms with van der Waals surface area (Å²) in [6, 6.07) is 4.65. The molecule has 3 aliphatic rings. The Morgan fingerprint density at radius 3 is 2.52 bits per heavy atom. The van der Waals surface area contributed by atoms with E-state index in [-0.39, 0.29) is 30.5 Å². The molecule has 0 aliphatic carbocycles. The number of ketones is 1. The second-order valence-electron chi connectivity index (χ2n) is 16.5. The van der Waals surface area contributed by atoms with Crippen molar-refractivity contribution >= 4 is 17.8 Å². The first-order chi connectivity index (χ1) is 26.6. The number of hydrogen-bond acceptors (Lipinski definition) is 14. The highest BCUT2D eigenvalue weighted by atomic mass is 16.7. The van der Waals surface area contributed by atoms with E-state index in [2.05, 4.69) is 27.5 Å². The van der Waals surface area contributed by atoms with Gasteiger partial charge in [0.25, 0.3) is 0 Å². The summed E-state index contributed by atoms with van der Waals surface area (Å²) in [6.07, 6.45) is 1.43. The van der Waals surface area contributed by atoms with Crippen molar-refractivity contribution in [2.75, 3.05) is 34.3 Å². The lowest BCUT2D eigenvalue weighted by Crippen LogP contribution is -2.60. The summed E-state index contributed by atoms with van der Waals surface area (Å²) in [5.41, 5.74) is -0.766. The molecular weight excluding hydrogens is 722 g/mol. The van der Waals surface area contributed by atoms with Crippen molar-refractivity contribution in [1.82, 2.24) is 35.1 Å². The normalized spacial score (nSPS) is 35.1. The van der Waals surface area contributed by atoms with E-state index >= 15 is 0 Å². The molecule has 1 amide bonds. The molecule has 3 saturated heterocycles. The van der Waals surface area contributed by atoms with Crippen LogP contribution in [0.1, 0.15) is 86.5 Å². The maximum atomic E-state index is 13.7. The molecule has 2 aromatic rings. The maximum Gasteiger partial charge on any atom is 0.410 e. The lowest BCUT2D eigenvalue weighted by Gasteiger charge is -2.45. The Balaban J connectivity index is 1.33. The van der Waals surface area contributed by atoms with Crippen LogP contribution in [0.5, 0.6) is 0 Å². The molecule has 312 valence electrons. The highest BCUT2D eigenvalue weighted by Crippen LogP contribution is 2.39. The molecule has 2 aromatic heterocycles. The molecule has 2 unspecified atom stereocenters. The Hall–Kier alpha value is -3.54. The van der Waals surface area contributed by atoms with Gasteiger partial charge in [-0.2, -0.15) is 0 Å². The molecule has 16 nitrogen and oxygen atoms in total. The van der Waals surface area contributed by atoms with Crippen molar-refractivity contribution in [1.29, 1.82) is 0 Å². The van der Waals surface area contributed by atoms with Gasteiger partial charge in [0, 0.05) is 44.9 Å². The molecule has 16 heteroatoms. The number of nitrogens with one attached hydrogen (secondary N) is 1. The van der Waals surface area contributed by atoms with E-state index in [0.717, 1.165) is 12.1 Å². The molecule has 3 fully saturated rings. The SMILES string of the molecule is CC[C@H]1OC(=O)CC(=O)C[C@@H](O[C@@H]2O[C@H](C)CC(N(C)C)C2O)[C@](C)(OC)C[C@@H](C)CN[C@H](C)[C@H]2N(CCCCn3cc(-c4ccccn4)nn3)C(=O)O[C@]12C. The minimum absolute atomic E-state index is 0.00983. The van der Waals surface area contributed by atoms with Crippen molar-refractivity contribution in [2.45, 2.75) is 153 Å². The van der Waals surface area contributed by atoms with Crippen LogP contribution in [0.2, 0.25) is 0 Å². The van der Waals surface area contributed by atoms with Gasteiger partial charge < -0.3 is 39.0 Å². The largest absolute Gasteiger partial charge is 0.458 e. The summed E-state index contributed by atoms with van der Waals surface area (Å²) in [7, 11) is 5.38. The Morgan fingerprint density at radius 2 is 1.84 bits per heavy atom. The smallest absolute Gasteiger partial charge is 0.410 e. The number of aryl methyl sites for hydroxylation is 1. The second kappa shape index (κ2) is 18.8. The Labute approximate surface area is 330 Å². The maximum absolute atomic E-state index is 13.7. The van der Waals surface area contributed by atoms with Crippen LogP contribution in [0.3, 0.4) is 0 Å². The standard InChI is InChI=1S/C40H63N7O9/c1-10-32-40(6)36(47(38(51)56-40)18-14-13-17-46-24-30(43-44-46)29-15-11-12-16-41-29)27(4)42-23-25(2)22-39(5,52-9)33(20-28(48)21-34(49)54-32)55-37-35(50)31(45(7)8)19-26(3)53-37/h11-12,15-16,24-27,31-33,35-37,42,50H,10,13-14,17-23H2,1-9H3/t25-,26-,27-,31?,32-,33-,35?,36-,37+,39-,40-/m1/s1. The Bertz CT molecular complexity index is 1610. The van der Waals surface area contributed by atoms with Crippen molar-refractivity contribution < 1.29 is 43.2 Å². The molecule has 3 aliphatic heterocycles. The lowest BCUT2D eigenvalue weighted by molar-refractivity contribution is -0.289. The molecule has 0 saturated carbocycles. The van der Waals surface area contributed by atoms with E-state index in [0.29, 0.717) is 51.0 Å². The predicted octanol–water partition coefficient (Wildman–Crippen LogP) is 3.61. The van der Waals surface area contributed by atoms with E-state index in [4.69, 9.17) is 23.7 Å². The number of fused-ring (bicyclic) bond motifs is 1. The van der Waals surface area contributed by atoms with Crippen molar-refractivity contribution in [3.63, 3.8) is 0 Å². The third-order valence-corrected chi connectivity index (χ3v) is 11.7. The van der Waals surface area contributed by atoms with Gasteiger partial charge in [-0.25, -0.2) is 4.79 Å². The number of ether oxygens (including phenoxy) is 5. The zero-order valence-electron chi connectivity index (χ0n) is 34.6. The van der Waals surface area contributed by atoms with Crippen LogP contribution in [0, 0.1) is 5.92 Å². The summed E-state index contributed by atoms with van der Waals surface area (Å²) in [5, 5.41) is 23.5. The average molecular weight is 786 g/mol. The van der Waals surface area contributed by atoms with Gasteiger partial charge in [0.1, 0.15) is 30.1 Å². The van der Waals surface area contributed by atoms with Crippen LogP contribution in [-0.2, 0) is 39.8 Å². The number of pyridine rings is 1. The quantitative estimate of drug-likeness (QED) is 0.192. The number of amides is 1. The van der Waals surface area contributed by atoms with E-state index in [1.165, 1.54) is 0 Å². The van der Waals surface area contributed by atoms with E-state index < -0.39 is 66.1 Å². The third-order valence-electron chi connectivity index (χ3n) is 11.7. The zero-order valence-corrected chi connectivity index (χ0v) is 34.6. The minimum Gasteiger partial charge on any atom is -0.458 e. The zero-order chi connectivity index (χ0) is 40.8. The summed E-state index contributed by atoms with van der Waals surface area (Å²) >= 11 is 0. The number of nitrogens with zero attached hydrogens (tertiary/aromatic N) is 6. The molecule has 11 atom stereocenters. The summed E-state index contributed by atoms with van der Waals surface area (Å²) in [6.45, 7) is 13.2.